The Morgan fingerprint density at radius 3 is 2.37 bits per heavy atom. The highest BCUT2D eigenvalue weighted by molar-refractivity contribution is 5.82. The highest BCUT2D eigenvalue weighted by Crippen LogP contribution is 2.38. The quantitative estimate of drug-likeness (QED) is 0.163. The van der Waals surface area contributed by atoms with Crippen LogP contribution in [-0.2, 0) is 17.6 Å². The van der Waals surface area contributed by atoms with E-state index in [2.05, 4.69) is 10.3 Å². The summed E-state index contributed by atoms with van der Waals surface area (Å²) >= 11 is 0. The van der Waals surface area contributed by atoms with Gasteiger partial charge in [-0.1, -0.05) is 54.6 Å². The number of nitrogens with one attached hydrogen (secondary N) is 2. The zero-order chi connectivity index (χ0) is 30.7. The molecule has 0 radical (unpaired) electrons. The van der Waals surface area contributed by atoms with Gasteiger partial charge >= 0.3 is 11.7 Å². The Labute approximate surface area is 247 Å². The topological polar surface area (TPSA) is 177 Å². The molecule has 0 unspecified atom stereocenters. The lowest BCUT2D eigenvalue weighted by molar-refractivity contribution is -0.232. The summed E-state index contributed by atoms with van der Waals surface area (Å²) in [5.41, 5.74) is 4.60. The number of hydrogen-bond donors (Lipinski definition) is 7. The molecule has 43 heavy (non-hydrogen) atoms. The molecule has 11 nitrogen and oxygen atoms in total. The van der Waals surface area contributed by atoms with Gasteiger partial charge in [-0.3, -0.25) is 0 Å². The van der Waals surface area contributed by atoms with E-state index in [9.17, 15) is 35.1 Å². The fourth-order valence-electron chi connectivity index (χ4n) is 5.36. The average molecular weight is 590 g/mol. The van der Waals surface area contributed by atoms with Gasteiger partial charge in [-0.05, 0) is 54.2 Å². The number of phenolic OH excluding ortho intramolecular Hbond substituents is 1. The van der Waals surface area contributed by atoms with E-state index in [4.69, 9.17) is 4.74 Å². The van der Waals surface area contributed by atoms with Gasteiger partial charge in [0.15, 0.2) is 0 Å². The number of aromatic amines is 1. The molecule has 7 N–H and O–H groups in total. The van der Waals surface area contributed by atoms with Crippen LogP contribution in [0.2, 0.25) is 0 Å². The molecule has 0 bridgehead atoms. The van der Waals surface area contributed by atoms with Gasteiger partial charge in [0.25, 0.3) is 0 Å². The number of aryl methyl sites for hydroxylation is 1. The number of aromatic hydroxyl groups is 1. The molecule has 0 saturated carbocycles. The van der Waals surface area contributed by atoms with Crippen molar-refractivity contribution < 1.29 is 35.1 Å². The molecule has 11 heteroatoms. The lowest BCUT2D eigenvalue weighted by Crippen LogP contribution is -2.55. The van der Waals surface area contributed by atoms with Crippen LogP contribution in [0.25, 0.3) is 11.3 Å². The first-order chi connectivity index (χ1) is 20.7. The molecule has 0 aliphatic carbocycles. The largest absolute Gasteiger partial charge is 0.508 e. The number of rotatable bonds is 8. The fourth-order valence-corrected chi connectivity index (χ4v) is 5.36. The lowest BCUT2D eigenvalue weighted by atomic mass is 9.88. The molecule has 4 aromatic rings. The molecule has 5 atom stereocenters. The van der Waals surface area contributed by atoms with Crippen molar-refractivity contribution in [2.24, 2.45) is 0 Å². The predicted molar refractivity (Wildman–Crippen MR) is 158 cm³/mol. The van der Waals surface area contributed by atoms with Crippen LogP contribution >= 0.6 is 0 Å². The molecular weight excluding hydrogens is 554 g/mol. The number of ether oxygens (including phenoxy) is 1. The number of aliphatic hydroxyl groups excluding tert-OH is 4. The lowest BCUT2D eigenvalue weighted by Gasteiger charge is -2.40. The zero-order valence-electron chi connectivity index (χ0n) is 23.6. The van der Waals surface area contributed by atoms with Crippen molar-refractivity contribution in [3.05, 3.63) is 111 Å². The van der Waals surface area contributed by atoms with E-state index < -0.39 is 48.8 Å². The number of aromatic nitrogens is 2. The first kappa shape index (κ1) is 30.2. The van der Waals surface area contributed by atoms with Crippen molar-refractivity contribution in [3.8, 4) is 17.0 Å². The minimum absolute atomic E-state index is 0.124. The Morgan fingerprint density at radius 1 is 0.977 bits per heavy atom. The average Bonchev–Trinajstić information content (AvgIpc) is 3.40. The summed E-state index contributed by atoms with van der Waals surface area (Å²) in [5.74, 6) is -0.124. The standard InChI is InChI=1S/C32H35N3O8/c1-18-13-25(37)23(30-29(40)28(39)27(38)26(17-36)43-30)15-22(18)14-20-9-7-19(8-10-20)11-12-33-31(41)35-24(16-34-32(35)42)21-5-3-2-4-6-21/h2-10,13,15-16,26-30,36-40H,11-12,14,17H2,1H3,(H,33,41)(H,34,42)/t26-,27-,28+,29-,30+/m1/s1. The van der Waals surface area contributed by atoms with Crippen molar-refractivity contribution in [3.63, 3.8) is 0 Å². The minimum Gasteiger partial charge on any atom is -0.508 e. The normalized spacial score (nSPS) is 21.9. The summed E-state index contributed by atoms with van der Waals surface area (Å²) in [5, 5.41) is 53.8. The molecule has 1 aromatic heterocycles. The number of imidazole rings is 1. The SMILES string of the molecule is Cc1cc(O)c([C@@H]2O[C@H](CO)[C@@H](O)[C@H](O)[C@H]2O)cc1Cc1ccc(CCNC(=O)n2c(-c3ccccc3)c[nH]c2=O)cc1. The van der Waals surface area contributed by atoms with Gasteiger partial charge in [0.2, 0.25) is 0 Å². The van der Waals surface area contributed by atoms with Crippen LogP contribution < -0.4 is 11.0 Å². The van der Waals surface area contributed by atoms with E-state index in [1.165, 1.54) is 6.20 Å². The predicted octanol–water partition coefficient (Wildman–Crippen LogP) is 1.76. The zero-order valence-corrected chi connectivity index (χ0v) is 23.6. The van der Waals surface area contributed by atoms with Crippen LogP contribution in [-0.4, -0.2) is 78.7 Å². The second-order valence-corrected chi connectivity index (χ2v) is 10.7. The molecule has 1 amide bonds. The number of nitrogens with zero attached hydrogens (tertiary/aromatic N) is 1. The second kappa shape index (κ2) is 12.9. The maximum absolute atomic E-state index is 12.8. The van der Waals surface area contributed by atoms with Gasteiger partial charge in [-0.2, -0.15) is 0 Å². The van der Waals surface area contributed by atoms with Crippen molar-refractivity contribution in [1.82, 2.24) is 14.9 Å². The van der Waals surface area contributed by atoms with E-state index in [1.807, 2.05) is 61.5 Å². The fraction of sp³-hybridized carbons (Fsp3) is 0.312. The summed E-state index contributed by atoms with van der Waals surface area (Å²) in [6, 6.07) is 19.7. The Balaban J connectivity index is 1.23. The van der Waals surface area contributed by atoms with Gasteiger partial charge in [-0.25, -0.2) is 14.2 Å². The molecule has 3 aromatic carbocycles. The number of carbonyl (C=O) groups is 1. The molecule has 1 aliphatic rings. The Hall–Kier alpha value is -4.26. The molecule has 1 saturated heterocycles. The van der Waals surface area contributed by atoms with Crippen molar-refractivity contribution in [1.29, 1.82) is 0 Å². The maximum atomic E-state index is 12.8. The van der Waals surface area contributed by atoms with E-state index in [0.29, 0.717) is 25.1 Å². The molecule has 226 valence electrons. The summed E-state index contributed by atoms with van der Waals surface area (Å²) in [6.07, 6.45) is -4.19. The smallest absolute Gasteiger partial charge is 0.334 e. The van der Waals surface area contributed by atoms with Gasteiger partial charge in [-0.15, -0.1) is 0 Å². The van der Waals surface area contributed by atoms with Crippen LogP contribution in [0.1, 0.15) is 33.9 Å². The van der Waals surface area contributed by atoms with Gasteiger partial charge < -0.3 is 40.6 Å². The van der Waals surface area contributed by atoms with Crippen LogP contribution in [0.3, 0.4) is 0 Å². The van der Waals surface area contributed by atoms with E-state index in [0.717, 1.165) is 32.4 Å². The first-order valence-corrected chi connectivity index (χ1v) is 14.0. The molecule has 1 fully saturated rings. The maximum Gasteiger partial charge on any atom is 0.334 e. The van der Waals surface area contributed by atoms with Gasteiger partial charge in [0.05, 0.1) is 12.3 Å². The Kier molecular flexibility index (Phi) is 9.09. The van der Waals surface area contributed by atoms with Crippen LogP contribution in [0, 0.1) is 6.92 Å². The van der Waals surface area contributed by atoms with Crippen LogP contribution in [0.4, 0.5) is 4.79 Å². The monoisotopic (exact) mass is 589 g/mol. The second-order valence-electron chi connectivity index (χ2n) is 10.7. The van der Waals surface area contributed by atoms with Crippen molar-refractivity contribution >= 4 is 6.03 Å². The van der Waals surface area contributed by atoms with E-state index in [-0.39, 0.29) is 11.3 Å². The summed E-state index contributed by atoms with van der Waals surface area (Å²) in [7, 11) is 0. The number of amides is 1. The summed E-state index contributed by atoms with van der Waals surface area (Å²) in [6.45, 7) is 1.61. The Bertz CT molecular complexity index is 1610. The Morgan fingerprint density at radius 2 is 1.67 bits per heavy atom. The van der Waals surface area contributed by atoms with Crippen molar-refractivity contribution in [2.45, 2.75) is 50.3 Å². The number of carbonyl (C=O) groups excluding carboxylic acids is 1. The van der Waals surface area contributed by atoms with Crippen LogP contribution in [0.15, 0.2) is 77.7 Å². The summed E-state index contributed by atoms with van der Waals surface area (Å²) in [4.78, 5) is 27.7. The minimum atomic E-state index is -1.55. The molecule has 2 heterocycles. The number of phenols is 1. The first-order valence-electron chi connectivity index (χ1n) is 14.0. The molecule has 1 aliphatic heterocycles. The third kappa shape index (κ3) is 6.41. The van der Waals surface area contributed by atoms with E-state index in [1.54, 1.807) is 12.1 Å². The number of benzene rings is 3. The van der Waals surface area contributed by atoms with Gasteiger partial charge in [0, 0.05) is 23.9 Å². The molecular formula is C32H35N3O8. The molecule has 0 spiro atoms. The molecule has 5 rings (SSSR count). The third-order valence-corrected chi connectivity index (χ3v) is 7.84. The highest BCUT2D eigenvalue weighted by atomic mass is 16.5. The van der Waals surface area contributed by atoms with Crippen molar-refractivity contribution in [2.75, 3.05) is 13.2 Å². The number of H-pyrrole nitrogens is 1. The number of hydrogen-bond acceptors (Lipinski definition) is 8. The summed E-state index contributed by atoms with van der Waals surface area (Å²) < 4.78 is 6.73. The highest BCUT2D eigenvalue weighted by Gasteiger charge is 2.44. The third-order valence-electron chi connectivity index (χ3n) is 7.84. The van der Waals surface area contributed by atoms with E-state index >= 15 is 0 Å². The number of aliphatic hydroxyl groups is 4. The van der Waals surface area contributed by atoms with Gasteiger partial charge in [0.1, 0.15) is 36.3 Å². The van der Waals surface area contributed by atoms with Crippen LogP contribution in [0.5, 0.6) is 5.75 Å².